The van der Waals surface area contributed by atoms with E-state index in [1.54, 1.807) is 14.2 Å². The number of nitrogens with one attached hydrogen (secondary N) is 1. The van der Waals surface area contributed by atoms with Crippen molar-refractivity contribution in [1.82, 2.24) is 3.96 Å². The normalized spacial score (nSPS) is 11.7. The molecular weight excluding hydrogens is 310 g/mol. The lowest BCUT2D eigenvalue weighted by Gasteiger charge is -2.20. The molecule has 0 bridgehead atoms. The standard InChI is InChI=1S/C14H13N3O2S.ClH/c1-18-11-5-8-3-4-17-13(9(8)6-12(11)19-2)10(7-15)14(16)20-17;/h5-6,16H,3-4H2,1-2H3;1H. The van der Waals surface area contributed by atoms with Gasteiger partial charge in [0.15, 0.2) is 11.5 Å². The quantitative estimate of drug-likeness (QED) is 0.923. The lowest BCUT2D eigenvalue weighted by atomic mass is 9.96. The number of methoxy groups -OCH3 is 2. The highest BCUT2D eigenvalue weighted by Gasteiger charge is 2.24. The number of aromatic nitrogens is 1. The summed E-state index contributed by atoms with van der Waals surface area (Å²) >= 11 is 1.32. The molecule has 5 nitrogen and oxygen atoms in total. The van der Waals surface area contributed by atoms with Crippen LogP contribution in [0, 0.1) is 16.7 Å². The molecule has 7 heteroatoms. The van der Waals surface area contributed by atoms with Gasteiger partial charge in [0, 0.05) is 12.1 Å². The number of halogens is 1. The Bertz CT molecular complexity index is 789. The average Bonchev–Trinajstić information content (AvgIpc) is 2.81. The summed E-state index contributed by atoms with van der Waals surface area (Å²) in [7, 11) is 3.20. The molecule has 0 unspecified atom stereocenters. The summed E-state index contributed by atoms with van der Waals surface area (Å²) in [5.74, 6) is 1.33. The Balaban J connectivity index is 0.00000161. The lowest BCUT2D eigenvalue weighted by Crippen LogP contribution is -2.10. The van der Waals surface area contributed by atoms with Crippen LogP contribution in [0.4, 0.5) is 0 Å². The molecule has 3 rings (SSSR count). The van der Waals surface area contributed by atoms with E-state index in [1.165, 1.54) is 11.5 Å². The minimum Gasteiger partial charge on any atom is -0.493 e. The number of aryl methyl sites for hydroxylation is 2. The van der Waals surface area contributed by atoms with Gasteiger partial charge in [-0.05, 0) is 35.6 Å². The van der Waals surface area contributed by atoms with E-state index in [4.69, 9.17) is 14.9 Å². The van der Waals surface area contributed by atoms with Crippen molar-refractivity contribution in [2.75, 3.05) is 14.2 Å². The van der Waals surface area contributed by atoms with E-state index in [9.17, 15) is 5.26 Å². The van der Waals surface area contributed by atoms with Crippen molar-refractivity contribution in [2.24, 2.45) is 0 Å². The molecular formula is C14H14ClN3O2S. The maximum atomic E-state index is 9.28. The van der Waals surface area contributed by atoms with Crippen LogP contribution in [0.25, 0.3) is 11.3 Å². The Morgan fingerprint density at radius 1 is 1.29 bits per heavy atom. The molecule has 0 saturated carbocycles. The second-order valence-electron chi connectivity index (χ2n) is 4.47. The van der Waals surface area contributed by atoms with Gasteiger partial charge in [0.05, 0.1) is 19.9 Å². The fraction of sp³-hybridized carbons (Fsp3) is 0.286. The van der Waals surface area contributed by atoms with Gasteiger partial charge in [0.25, 0.3) is 0 Å². The Hall–Kier alpha value is -1.97. The van der Waals surface area contributed by atoms with E-state index < -0.39 is 0 Å². The summed E-state index contributed by atoms with van der Waals surface area (Å²) in [6.45, 7) is 0.788. The first-order chi connectivity index (χ1) is 9.69. The number of fused-ring (bicyclic) bond motifs is 3. The number of benzene rings is 1. The van der Waals surface area contributed by atoms with Gasteiger partial charge < -0.3 is 9.47 Å². The second kappa shape index (κ2) is 5.80. The number of nitrogens with zero attached hydrogens (tertiary/aromatic N) is 2. The molecule has 0 aliphatic carbocycles. The number of rotatable bonds is 2. The van der Waals surface area contributed by atoms with Crippen molar-refractivity contribution >= 4 is 23.9 Å². The van der Waals surface area contributed by atoms with Gasteiger partial charge in [-0.1, -0.05) is 0 Å². The predicted octanol–water partition coefficient (Wildman–Crippen LogP) is 2.56. The van der Waals surface area contributed by atoms with Gasteiger partial charge in [-0.15, -0.1) is 12.4 Å². The zero-order valence-electron chi connectivity index (χ0n) is 11.6. The summed E-state index contributed by atoms with van der Waals surface area (Å²) in [5.41, 5.74) is 3.34. The number of nitriles is 1. The van der Waals surface area contributed by atoms with Crippen LogP contribution in [0.5, 0.6) is 11.5 Å². The zero-order valence-corrected chi connectivity index (χ0v) is 13.2. The smallest absolute Gasteiger partial charge is 0.161 e. The molecule has 110 valence electrons. The third-order valence-electron chi connectivity index (χ3n) is 3.48. The van der Waals surface area contributed by atoms with Crippen LogP contribution in [0.3, 0.4) is 0 Å². The van der Waals surface area contributed by atoms with Crippen molar-refractivity contribution in [3.63, 3.8) is 0 Å². The summed E-state index contributed by atoms with van der Waals surface area (Å²) in [5, 5.41) is 17.2. The molecule has 2 aromatic rings. The Labute approximate surface area is 132 Å². The lowest BCUT2D eigenvalue weighted by molar-refractivity contribution is 0.354. The Kier molecular flexibility index (Phi) is 4.26. The van der Waals surface area contributed by atoms with Crippen LogP contribution in [0.1, 0.15) is 11.1 Å². The molecule has 0 radical (unpaired) electrons. The monoisotopic (exact) mass is 323 g/mol. The van der Waals surface area contributed by atoms with Crippen molar-refractivity contribution in [3.05, 3.63) is 27.9 Å². The van der Waals surface area contributed by atoms with Crippen molar-refractivity contribution in [1.29, 1.82) is 10.7 Å². The van der Waals surface area contributed by atoms with Crippen LogP contribution >= 0.6 is 23.9 Å². The molecule has 1 N–H and O–H groups in total. The Morgan fingerprint density at radius 2 is 1.95 bits per heavy atom. The van der Waals surface area contributed by atoms with E-state index in [-0.39, 0.29) is 12.4 Å². The van der Waals surface area contributed by atoms with Crippen LogP contribution in [0.2, 0.25) is 0 Å². The Morgan fingerprint density at radius 3 is 2.57 bits per heavy atom. The fourth-order valence-corrected chi connectivity index (χ4v) is 3.45. The number of ether oxygens (including phenoxy) is 2. The molecule has 1 aliphatic heterocycles. The molecule has 0 spiro atoms. The molecule has 0 fully saturated rings. The molecule has 1 aromatic carbocycles. The van der Waals surface area contributed by atoms with Crippen molar-refractivity contribution < 1.29 is 9.47 Å². The van der Waals surface area contributed by atoms with Crippen molar-refractivity contribution in [2.45, 2.75) is 13.0 Å². The molecule has 0 amide bonds. The molecule has 2 heterocycles. The largest absolute Gasteiger partial charge is 0.493 e. The van der Waals surface area contributed by atoms with E-state index in [1.807, 2.05) is 16.1 Å². The number of hydrogen-bond donors (Lipinski definition) is 1. The number of hydrogen-bond acceptors (Lipinski definition) is 5. The summed E-state index contributed by atoms with van der Waals surface area (Å²) in [4.78, 5) is 0. The predicted molar refractivity (Wildman–Crippen MR) is 82.4 cm³/mol. The summed E-state index contributed by atoms with van der Waals surface area (Å²) in [6.07, 6.45) is 0.859. The highest BCUT2D eigenvalue weighted by Crippen LogP contribution is 2.39. The van der Waals surface area contributed by atoms with Crippen molar-refractivity contribution in [3.8, 4) is 28.8 Å². The minimum atomic E-state index is 0. The zero-order chi connectivity index (χ0) is 14.3. The molecule has 21 heavy (non-hydrogen) atoms. The topological polar surface area (TPSA) is 71.0 Å². The summed E-state index contributed by atoms with van der Waals surface area (Å²) in [6, 6.07) is 5.99. The van der Waals surface area contributed by atoms with Crippen LogP contribution in [0.15, 0.2) is 12.1 Å². The molecule has 0 saturated heterocycles. The maximum Gasteiger partial charge on any atom is 0.161 e. The molecule has 1 aromatic heterocycles. The van der Waals surface area contributed by atoms with Crippen LogP contribution in [-0.4, -0.2) is 18.2 Å². The van der Waals surface area contributed by atoms with Crippen LogP contribution < -0.4 is 14.1 Å². The third kappa shape index (κ3) is 2.28. The second-order valence-corrected chi connectivity index (χ2v) is 5.50. The maximum absolute atomic E-state index is 9.28. The highest BCUT2D eigenvalue weighted by molar-refractivity contribution is 7.04. The first-order valence-corrected chi connectivity index (χ1v) is 6.91. The van der Waals surface area contributed by atoms with E-state index in [0.29, 0.717) is 21.7 Å². The van der Waals surface area contributed by atoms with Gasteiger partial charge in [-0.25, -0.2) is 0 Å². The summed E-state index contributed by atoms with van der Waals surface area (Å²) < 4.78 is 13.0. The average molecular weight is 324 g/mol. The van der Waals surface area contributed by atoms with E-state index >= 15 is 0 Å². The van der Waals surface area contributed by atoms with E-state index in [0.717, 1.165) is 29.8 Å². The third-order valence-corrected chi connectivity index (χ3v) is 4.45. The van der Waals surface area contributed by atoms with Gasteiger partial charge in [0.2, 0.25) is 0 Å². The van der Waals surface area contributed by atoms with Gasteiger partial charge in [0.1, 0.15) is 16.3 Å². The van der Waals surface area contributed by atoms with Crippen LogP contribution in [-0.2, 0) is 13.0 Å². The first-order valence-electron chi connectivity index (χ1n) is 6.13. The van der Waals surface area contributed by atoms with Gasteiger partial charge >= 0.3 is 0 Å². The molecule has 1 aliphatic rings. The van der Waals surface area contributed by atoms with Gasteiger partial charge in [-0.2, -0.15) is 5.26 Å². The minimum absolute atomic E-state index is 0. The SMILES string of the molecule is COc1cc2c(cc1OC)-c1c(C#N)c(=N)sn1CC2.Cl. The fourth-order valence-electron chi connectivity index (χ4n) is 2.53. The molecule has 0 atom stereocenters. The van der Waals surface area contributed by atoms with Gasteiger partial charge in [-0.3, -0.25) is 9.37 Å². The highest BCUT2D eigenvalue weighted by atomic mass is 35.5. The first kappa shape index (κ1) is 15.4. The van der Waals surface area contributed by atoms with E-state index in [2.05, 4.69) is 6.07 Å².